The second-order valence-corrected chi connectivity index (χ2v) is 8.00. The van der Waals surface area contributed by atoms with Crippen molar-refractivity contribution in [2.45, 2.75) is 6.18 Å². The van der Waals surface area contributed by atoms with Crippen LogP contribution in [0.2, 0.25) is 0 Å². The van der Waals surface area contributed by atoms with Crippen LogP contribution < -0.4 is 15.0 Å². The van der Waals surface area contributed by atoms with Crippen molar-refractivity contribution in [1.29, 1.82) is 0 Å². The van der Waals surface area contributed by atoms with Gasteiger partial charge in [-0.3, -0.25) is 9.59 Å². The molecular weight excluding hydrogens is 475 g/mol. The van der Waals surface area contributed by atoms with Crippen molar-refractivity contribution in [2.75, 3.05) is 44.2 Å². The molecule has 1 aromatic heterocycles. The van der Waals surface area contributed by atoms with Gasteiger partial charge in [-0.15, -0.1) is 0 Å². The van der Waals surface area contributed by atoms with Crippen LogP contribution in [0.25, 0.3) is 0 Å². The van der Waals surface area contributed by atoms with Crippen molar-refractivity contribution >= 4 is 17.6 Å². The molecule has 1 fully saturated rings. The Morgan fingerprint density at radius 1 is 0.917 bits per heavy atom. The summed E-state index contributed by atoms with van der Waals surface area (Å²) in [5.74, 6) is 0.186. The Balaban J connectivity index is 1.27. The van der Waals surface area contributed by atoms with Crippen molar-refractivity contribution < 1.29 is 27.5 Å². The number of hydrogen-bond donors (Lipinski definition) is 1. The number of ether oxygens (including phenoxy) is 1. The maximum atomic E-state index is 13.3. The number of aromatic nitrogens is 2. The van der Waals surface area contributed by atoms with Gasteiger partial charge in [0.1, 0.15) is 23.9 Å². The topological polar surface area (TPSA) is 87.7 Å². The van der Waals surface area contributed by atoms with E-state index in [1.54, 1.807) is 0 Å². The van der Waals surface area contributed by atoms with Gasteiger partial charge in [-0.25, -0.2) is 9.97 Å². The number of anilines is 1. The molecule has 1 aliphatic heterocycles. The Hall–Kier alpha value is -4.15. The normalized spacial score (nSPS) is 13.9. The lowest BCUT2D eigenvalue weighted by atomic mass is 10.1. The number of nitrogens with zero attached hydrogens (tertiary/aromatic N) is 4. The van der Waals surface area contributed by atoms with E-state index < -0.39 is 17.6 Å². The van der Waals surface area contributed by atoms with Crippen molar-refractivity contribution in [3.05, 3.63) is 83.8 Å². The number of carbonyl (C=O) groups excluding carboxylic acids is 2. The van der Waals surface area contributed by atoms with E-state index in [1.165, 1.54) is 35.5 Å². The zero-order valence-corrected chi connectivity index (χ0v) is 19.2. The number of nitrogens with one attached hydrogen (secondary N) is 1. The number of hydrogen-bond acceptors (Lipinski definition) is 6. The van der Waals surface area contributed by atoms with E-state index in [1.807, 2.05) is 35.2 Å². The molecule has 0 aliphatic carbocycles. The van der Waals surface area contributed by atoms with Gasteiger partial charge in [0, 0.05) is 26.2 Å². The smallest absolute Gasteiger partial charge is 0.417 e. The minimum absolute atomic E-state index is 0.149. The number of piperazine rings is 1. The van der Waals surface area contributed by atoms with Crippen molar-refractivity contribution in [3.8, 4) is 5.75 Å². The summed E-state index contributed by atoms with van der Waals surface area (Å²) in [6.45, 7) is 1.81. The Kier molecular flexibility index (Phi) is 7.67. The molecule has 0 saturated carbocycles. The molecule has 188 valence electrons. The summed E-state index contributed by atoms with van der Waals surface area (Å²) in [7, 11) is 0. The van der Waals surface area contributed by atoms with Gasteiger partial charge in [0.05, 0.1) is 30.1 Å². The van der Waals surface area contributed by atoms with Crippen LogP contribution in [0.15, 0.2) is 67.0 Å². The molecule has 2 amide bonds. The fourth-order valence-corrected chi connectivity index (χ4v) is 3.77. The van der Waals surface area contributed by atoms with E-state index in [4.69, 9.17) is 4.74 Å². The maximum absolute atomic E-state index is 13.3. The maximum Gasteiger partial charge on any atom is 0.417 e. The average molecular weight is 499 g/mol. The molecular formula is C25H24F3N5O3. The third-order valence-corrected chi connectivity index (χ3v) is 5.62. The minimum atomic E-state index is -4.60. The van der Waals surface area contributed by atoms with Gasteiger partial charge in [0.25, 0.3) is 11.8 Å². The fraction of sp³-hybridized carbons (Fsp3) is 0.280. The molecule has 4 rings (SSSR count). The first-order valence-corrected chi connectivity index (χ1v) is 11.3. The largest absolute Gasteiger partial charge is 0.492 e. The first-order chi connectivity index (χ1) is 17.3. The van der Waals surface area contributed by atoms with E-state index in [0.29, 0.717) is 37.8 Å². The van der Waals surface area contributed by atoms with Gasteiger partial charge in [-0.1, -0.05) is 30.3 Å². The zero-order valence-electron chi connectivity index (χ0n) is 19.2. The minimum Gasteiger partial charge on any atom is -0.492 e. The first kappa shape index (κ1) is 25.0. The second kappa shape index (κ2) is 11.1. The summed E-state index contributed by atoms with van der Waals surface area (Å²) in [5.41, 5.74) is -1.15. The summed E-state index contributed by atoms with van der Waals surface area (Å²) in [4.78, 5) is 36.8. The Bertz CT molecular complexity index is 1180. The third-order valence-electron chi connectivity index (χ3n) is 5.62. The summed E-state index contributed by atoms with van der Waals surface area (Å²) in [5, 5.41) is 2.71. The van der Waals surface area contributed by atoms with Crippen LogP contribution >= 0.6 is 0 Å². The number of para-hydroxylation sites is 1. The Morgan fingerprint density at radius 3 is 2.28 bits per heavy atom. The van der Waals surface area contributed by atoms with E-state index in [2.05, 4.69) is 15.3 Å². The molecule has 0 unspecified atom stereocenters. The number of rotatable bonds is 7. The zero-order chi connectivity index (χ0) is 25.5. The molecule has 1 N–H and O–H groups in total. The summed E-state index contributed by atoms with van der Waals surface area (Å²) >= 11 is 0. The molecule has 0 bridgehead atoms. The van der Waals surface area contributed by atoms with Crippen LogP contribution in [0.3, 0.4) is 0 Å². The lowest BCUT2D eigenvalue weighted by molar-refractivity contribution is -0.138. The van der Waals surface area contributed by atoms with Gasteiger partial charge in [0.2, 0.25) is 0 Å². The SMILES string of the molecule is O=C(NCCOc1ccccc1)c1cnc(N2CCN(C(=O)c3ccccc3C(F)(F)F)CC2)cn1. The predicted molar refractivity (Wildman–Crippen MR) is 126 cm³/mol. The standard InChI is InChI=1S/C25H24F3N5O3/c26-25(27,28)20-9-5-4-8-19(20)24(35)33-13-11-32(12-14-33)22-17-30-21(16-31-22)23(34)29-10-15-36-18-6-2-1-3-7-18/h1-9,16-17H,10-15H2,(H,29,34). The number of halogens is 3. The van der Waals surface area contributed by atoms with Crippen LogP contribution in [-0.2, 0) is 6.18 Å². The lowest BCUT2D eigenvalue weighted by Crippen LogP contribution is -2.49. The summed E-state index contributed by atoms with van der Waals surface area (Å²) in [6.07, 6.45) is -1.78. The summed E-state index contributed by atoms with van der Waals surface area (Å²) < 4.78 is 45.4. The van der Waals surface area contributed by atoms with E-state index in [0.717, 1.165) is 6.07 Å². The second-order valence-electron chi connectivity index (χ2n) is 8.00. The van der Waals surface area contributed by atoms with Crippen LogP contribution in [-0.4, -0.2) is 66.0 Å². The lowest BCUT2D eigenvalue weighted by Gasteiger charge is -2.35. The van der Waals surface area contributed by atoms with Gasteiger partial charge >= 0.3 is 6.18 Å². The highest BCUT2D eigenvalue weighted by molar-refractivity contribution is 5.96. The molecule has 11 heteroatoms. The molecule has 2 aromatic carbocycles. The quantitative estimate of drug-likeness (QED) is 0.502. The Labute approximate surface area is 205 Å². The molecule has 2 heterocycles. The number of benzene rings is 2. The van der Waals surface area contributed by atoms with E-state index in [-0.39, 0.29) is 30.3 Å². The monoisotopic (exact) mass is 499 g/mol. The average Bonchev–Trinajstić information content (AvgIpc) is 2.91. The van der Waals surface area contributed by atoms with Crippen molar-refractivity contribution in [2.24, 2.45) is 0 Å². The highest BCUT2D eigenvalue weighted by Crippen LogP contribution is 2.32. The van der Waals surface area contributed by atoms with E-state index in [9.17, 15) is 22.8 Å². The molecule has 1 saturated heterocycles. The first-order valence-electron chi connectivity index (χ1n) is 11.3. The number of alkyl halides is 3. The van der Waals surface area contributed by atoms with Crippen LogP contribution in [0, 0.1) is 0 Å². The van der Waals surface area contributed by atoms with Gasteiger partial charge < -0.3 is 19.9 Å². The van der Waals surface area contributed by atoms with E-state index >= 15 is 0 Å². The van der Waals surface area contributed by atoms with Crippen LogP contribution in [0.1, 0.15) is 26.4 Å². The van der Waals surface area contributed by atoms with Crippen molar-refractivity contribution in [1.82, 2.24) is 20.2 Å². The number of amides is 2. The van der Waals surface area contributed by atoms with Gasteiger partial charge in [-0.2, -0.15) is 13.2 Å². The molecule has 8 nitrogen and oxygen atoms in total. The van der Waals surface area contributed by atoms with Gasteiger partial charge in [-0.05, 0) is 24.3 Å². The van der Waals surface area contributed by atoms with Crippen LogP contribution in [0.5, 0.6) is 5.75 Å². The highest BCUT2D eigenvalue weighted by Gasteiger charge is 2.36. The molecule has 0 spiro atoms. The molecule has 36 heavy (non-hydrogen) atoms. The van der Waals surface area contributed by atoms with Crippen LogP contribution in [0.4, 0.5) is 19.0 Å². The van der Waals surface area contributed by atoms with Crippen molar-refractivity contribution in [3.63, 3.8) is 0 Å². The molecule has 0 atom stereocenters. The third kappa shape index (κ3) is 6.09. The highest BCUT2D eigenvalue weighted by atomic mass is 19.4. The Morgan fingerprint density at radius 2 is 1.61 bits per heavy atom. The number of carbonyl (C=O) groups is 2. The van der Waals surface area contributed by atoms with Gasteiger partial charge in [0.15, 0.2) is 0 Å². The fourth-order valence-electron chi connectivity index (χ4n) is 3.77. The molecule has 3 aromatic rings. The molecule has 0 radical (unpaired) electrons. The summed E-state index contributed by atoms with van der Waals surface area (Å²) in [6, 6.07) is 14.0. The molecule has 1 aliphatic rings. The predicted octanol–water partition coefficient (Wildman–Crippen LogP) is 3.27.